The Bertz CT molecular complexity index is 414. The van der Waals surface area contributed by atoms with Gasteiger partial charge < -0.3 is 10.6 Å². The fourth-order valence-corrected chi connectivity index (χ4v) is 2.48. The Morgan fingerprint density at radius 3 is 2.16 bits per heavy atom. The fraction of sp³-hybridized carbons (Fsp3) is 0.647. The Balaban J connectivity index is 3.12. The molecule has 2 nitrogen and oxygen atoms in total. The molecule has 2 heteroatoms. The third kappa shape index (κ3) is 4.32. The maximum Gasteiger partial charge on any atom is 0.0359 e. The van der Waals surface area contributed by atoms with E-state index < -0.39 is 0 Å². The second kappa shape index (κ2) is 6.06. The van der Waals surface area contributed by atoms with Crippen LogP contribution in [0.2, 0.25) is 0 Å². The highest BCUT2D eigenvalue weighted by Gasteiger charge is 2.20. The Morgan fingerprint density at radius 2 is 1.79 bits per heavy atom. The predicted molar refractivity (Wildman–Crippen MR) is 84.6 cm³/mol. The molecular formula is C17H30N2. The zero-order valence-corrected chi connectivity index (χ0v) is 13.6. The summed E-state index contributed by atoms with van der Waals surface area (Å²) < 4.78 is 0. The molecule has 0 aromatic heterocycles. The van der Waals surface area contributed by atoms with E-state index in [4.69, 9.17) is 5.73 Å². The van der Waals surface area contributed by atoms with Crippen molar-refractivity contribution in [2.45, 2.75) is 58.5 Å². The standard InChI is InChI=1S/C17H30N2/c1-12-10-14(17(3,4)5)8-9-15(12)16(19(6)7)11-13(2)18/h8-10,13,16H,11,18H2,1-7H3. The van der Waals surface area contributed by atoms with Crippen LogP contribution >= 0.6 is 0 Å². The average molecular weight is 262 g/mol. The largest absolute Gasteiger partial charge is 0.328 e. The lowest BCUT2D eigenvalue weighted by molar-refractivity contribution is 0.271. The molecule has 0 heterocycles. The molecule has 2 atom stereocenters. The highest BCUT2D eigenvalue weighted by atomic mass is 15.1. The van der Waals surface area contributed by atoms with Crippen LogP contribution in [0.25, 0.3) is 0 Å². The molecule has 0 aliphatic heterocycles. The van der Waals surface area contributed by atoms with Crippen LogP contribution in [0.15, 0.2) is 18.2 Å². The van der Waals surface area contributed by atoms with E-state index in [-0.39, 0.29) is 11.5 Å². The van der Waals surface area contributed by atoms with Crippen molar-refractivity contribution >= 4 is 0 Å². The van der Waals surface area contributed by atoms with Crippen LogP contribution in [0.5, 0.6) is 0 Å². The SMILES string of the molecule is Cc1cc(C(C)(C)C)ccc1C(CC(C)N)N(C)C. The molecule has 0 aliphatic rings. The summed E-state index contributed by atoms with van der Waals surface area (Å²) in [6.07, 6.45) is 0.989. The minimum atomic E-state index is 0.206. The van der Waals surface area contributed by atoms with Crippen molar-refractivity contribution in [2.24, 2.45) is 5.73 Å². The third-order valence-corrected chi connectivity index (χ3v) is 3.71. The Kier molecular flexibility index (Phi) is 5.17. The monoisotopic (exact) mass is 262 g/mol. The van der Waals surface area contributed by atoms with Crippen LogP contribution in [0.3, 0.4) is 0 Å². The fourth-order valence-electron chi connectivity index (χ4n) is 2.48. The van der Waals surface area contributed by atoms with Crippen molar-refractivity contribution in [3.05, 3.63) is 34.9 Å². The van der Waals surface area contributed by atoms with Gasteiger partial charge in [-0.25, -0.2) is 0 Å². The first kappa shape index (κ1) is 16.2. The van der Waals surface area contributed by atoms with Crippen LogP contribution in [-0.2, 0) is 5.41 Å². The topological polar surface area (TPSA) is 29.3 Å². The summed E-state index contributed by atoms with van der Waals surface area (Å²) in [4.78, 5) is 2.27. The summed E-state index contributed by atoms with van der Waals surface area (Å²) in [5, 5.41) is 0. The van der Waals surface area contributed by atoms with Gasteiger partial charge in [0.15, 0.2) is 0 Å². The molecule has 0 spiro atoms. The summed E-state index contributed by atoms with van der Waals surface area (Å²) >= 11 is 0. The van der Waals surface area contributed by atoms with Gasteiger partial charge >= 0.3 is 0 Å². The summed E-state index contributed by atoms with van der Waals surface area (Å²) in [6, 6.07) is 7.49. The second-order valence-electron chi connectivity index (χ2n) is 7.01. The molecule has 19 heavy (non-hydrogen) atoms. The van der Waals surface area contributed by atoms with E-state index in [1.807, 2.05) is 0 Å². The highest BCUT2D eigenvalue weighted by molar-refractivity contribution is 5.36. The van der Waals surface area contributed by atoms with Gasteiger partial charge in [0.1, 0.15) is 0 Å². The van der Waals surface area contributed by atoms with E-state index in [2.05, 4.69) is 71.8 Å². The molecule has 0 fully saturated rings. The van der Waals surface area contributed by atoms with Gasteiger partial charge in [0.25, 0.3) is 0 Å². The lowest BCUT2D eigenvalue weighted by atomic mass is 9.84. The Labute approximate surface area is 119 Å². The van der Waals surface area contributed by atoms with E-state index in [1.165, 1.54) is 16.7 Å². The number of nitrogens with two attached hydrogens (primary N) is 1. The van der Waals surface area contributed by atoms with E-state index in [0.29, 0.717) is 6.04 Å². The summed E-state index contributed by atoms with van der Waals surface area (Å²) in [5.41, 5.74) is 10.4. The first-order valence-corrected chi connectivity index (χ1v) is 7.16. The zero-order valence-electron chi connectivity index (χ0n) is 13.6. The van der Waals surface area contributed by atoms with Crippen LogP contribution in [0.4, 0.5) is 0 Å². The Morgan fingerprint density at radius 1 is 1.21 bits per heavy atom. The number of hydrogen-bond donors (Lipinski definition) is 1. The van der Waals surface area contributed by atoms with Crippen molar-refractivity contribution in [3.63, 3.8) is 0 Å². The number of hydrogen-bond acceptors (Lipinski definition) is 2. The summed E-state index contributed by atoms with van der Waals surface area (Å²) in [6.45, 7) is 11.1. The van der Waals surface area contributed by atoms with Gasteiger partial charge in [-0.05, 0) is 56.5 Å². The van der Waals surface area contributed by atoms with Crippen molar-refractivity contribution in [1.82, 2.24) is 4.90 Å². The van der Waals surface area contributed by atoms with Crippen molar-refractivity contribution < 1.29 is 0 Å². The molecule has 2 N–H and O–H groups in total. The molecular weight excluding hydrogens is 232 g/mol. The maximum atomic E-state index is 5.99. The molecule has 0 radical (unpaired) electrons. The van der Waals surface area contributed by atoms with Gasteiger partial charge in [-0.1, -0.05) is 39.0 Å². The number of benzene rings is 1. The molecule has 108 valence electrons. The molecule has 1 rings (SSSR count). The second-order valence-corrected chi connectivity index (χ2v) is 7.01. The van der Waals surface area contributed by atoms with Crippen molar-refractivity contribution in [3.8, 4) is 0 Å². The Hall–Kier alpha value is -0.860. The van der Waals surface area contributed by atoms with Crippen LogP contribution in [0, 0.1) is 6.92 Å². The van der Waals surface area contributed by atoms with Gasteiger partial charge in [-0.15, -0.1) is 0 Å². The highest BCUT2D eigenvalue weighted by Crippen LogP contribution is 2.30. The quantitative estimate of drug-likeness (QED) is 0.897. The number of rotatable bonds is 4. The molecule has 0 amide bonds. The lowest BCUT2D eigenvalue weighted by Crippen LogP contribution is -2.28. The van der Waals surface area contributed by atoms with Crippen LogP contribution in [-0.4, -0.2) is 25.0 Å². The molecule has 1 aromatic rings. The smallest absolute Gasteiger partial charge is 0.0359 e. The molecule has 0 saturated heterocycles. The lowest BCUT2D eigenvalue weighted by Gasteiger charge is -2.29. The molecule has 2 unspecified atom stereocenters. The molecule has 1 aromatic carbocycles. The minimum Gasteiger partial charge on any atom is -0.328 e. The third-order valence-electron chi connectivity index (χ3n) is 3.71. The molecule has 0 bridgehead atoms. The van der Waals surface area contributed by atoms with E-state index in [1.54, 1.807) is 0 Å². The average Bonchev–Trinajstić information content (AvgIpc) is 2.24. The van der Waals surface area contributed by atoms with Gasteiger partial charge in [-0.3, -0.25) is 0 Å². The number of nitrogens with zero attached hydrogens (tertiary/aromatic N) is 1. The van der Waals surface area contributed by atoms with Gasteiger partial charge in [0.05, 0.1) is 0 Å². The summed E-state index contributed by atoms with van der Waals surface area (Å²) in [7, 11) is 4.26. The zero-order chi connectivity index (χ0) is 14.8. The first-order valence-electron chi connectivity index (χ1n) is 7.16. The predicted octanol–water partition coefficient (Wildman–Crippen LogP) is 3.63. The van der Waals surface area contributed by atoms with E-state index >= 15 is 0 Å². The number of aryl methyl sites for hydroxylation is 1. The van der Waals surface area contributed by atoms with E-state index in [9.17, 15) is 0 Å². The first-order chi connectivity index (χ1) is 8.62. The van der Waals surface area contributed by atoms with Gasteiger partial charge in [-0.2, -0.15) is 0 Å². The van der Waals surface area contributed by atoms with E-state index in [0.717, 1.165) is 6.42 Å². The van der Waals surface area contributed by atoms with Gasteiger partial charge in [0, 0.05) is 12.1 Å². The summed E-state index contributed by atoms with van der Waals surface area (Å²) in [5.74, 6) is 0. The maximum absolute atomic E-state index is 5.99. The molecule has 0 aliphatic carbocycles. The normalized spacial score (nSPS) is 15.6. The molecule has 0 saturated carbocycles. The minimum absolute atomic E-state index is 0.206. The van der Waals surface area contributed by atoms with Gasteiger partial charge in [0.2, 0.25) is 0 Å². The van der Waals surface area contributed by atoms with Crippen LogP contribution in [0.1, 0.15) is 56.8 Å². The van der Waals surface area contributed by atoms with Crippen molar-refractivity contribution in [2.75, 3.05) is 14.1 Å². The van der Waals surface area contributed by atoms with Crippen LogP contribution < -0.4 is 5.73 Å². The van der Waals surface area contributed by atoms with Crippen molar-refractivity contribution in [1.29, 1.82) is 0 Å².